The molecule has 0 unspecified atom stereocenters. The zero-order valence-corrected chi connectivity index (χ0v) is 20.5. The number of nitrogens with zero attached hydrogens (tertiary/aromatic N) is 4. The quantitative estimate of drug-likeness (QED) is 0.427. The number of aromatic nitrogens is 4. The summed E-state index contributed by atoms with van der Waals surface area (Å²) in [6.07, 6.45) is -1.11. The van der Waals surface area contributed by atoms with Gasteiger partial charge in [-0.05, 0) is 61.6 Å². The molecular weight excluding hydrogens is 505 g/mol. The fraction of sp³-hybridized carbons (Fsp3) is 0.308. The fourth-order valence-corrected chi connectivity index (χ4v) is 4.91. The first kappa shape index (κ1) is 25.3. The predicted molar refractivity (Wildman–Crippen MR) is 132 cm³/mol. The Balaban J connectivity index is 1.71. The van der Waals surface area contributed by atoms with Gasteiger partial charge in [0.05, 0.1) is 28.8 Å². The number of aryl methyl sites for hydroxylation is 1. The van der Waals surface area contributed by atoms with Gasteiger partial charge in [-0.25, -0.2) is 14.4 Å². The van der Waals surface area contributed by atoms with Gasteiger partial charge in [-0.1, -0.05) is 12.1 Å². The van der Waals surface area contributed by atoms with Crippen LogP contribution in [0.1, 0.15) is 52.4 Å². The number of carboxylic acids is 1. The summed E-state index contributed by atoms with van der Waals surface area (Å²) in [5.74, 6) is -1.59. The lowest BCUT2D eigenvalue weighted by Gasteiger charge is -2.26. The minimum absolute atomic E-state index is 0.00518. The number of imidazole rings is 1. The monoisotopic (exact) mass is 528 g/mol. The number of alkyl halides is 3. The maximum Gasteiger partial charge on any atom is 0.416 e. The molecule has 0 aliphatic heterocycles. The standard InChI is InChI=1S/C26H23F3N4O5/c1-14-15(5-3-8-19(14)26(27,28)29)12-32-22(34)18(23(35)36)13-31(25(32)38)17-9-10-20-21(11-17)33(16-6-4-7-16)24(37)30(20)2/h3,5,8-11,13,16H,4,6-7,12H2,1-2H3,(H,35,36). The molecule has 1 fully saturated rings. The normalized spacial score (nSPS) is 14.1. The van der Waals surface area contributed by atoms with Gasteiger partial charge < -0.3 is 5.11 Å². The Kier molecular flexibility index (Phi) is 5.92. The zero-order valence-electron chi connectivity index (χ0n) is 20.5. The number of benzene rings is 2. The Bertz CT molecular complexity index is 1790. The molecule has 1 aliphatic carbocycles. The van der Waals surface area contributed by atoms with Gasteiger partial charge in [0.1, 0.15) is 5.56 Å². The van der Waals surface area contributed by atoms with Crippen LogP contribution >= 0.6 is 0 Å². The van der Waals surface area contributed by atoms with Crippen LogP contribution in [0.15, 0.2) is 57.0 Å². The van der Waals surface area contributed by atoms with Crippen molar-refractivity contribution >= 4 is 17.0 Å². The van der Waals surface area contributed by atoms with E-state index in [-0.39, 0.29) is 28.5 Å². The molecule has 0 spiro atoms. The molecule has 0 atom stereocenters. The number of halogens is 3. The number of rotatable bonds is 5. The van der Waals surface area contributed by atoms with Gasteiger partial charge in [-0.3, -0.25) is 23.1 Å². The Morgan fingerprint density at radius 1 is 1.05 bits per heavy atom. The van der Waals surface area contributed by atoms with E-state index in [2.05, 4.69) is 0 Å². The number of carbonyl (C=O) groups is 1. The molecule has 4 aromatic rings. The second-order valence-corrected chi connectivity index (χ2v) is 9.45. The Labute approximate surface area is 212 Å². The van der Waals surface area contributed by atoms with E-state index in [1.165, 1.54) is 29.7 Å². The first-order chi connectivity index (χ1) is 17.9. The highest BCUT2D eigenvalue weighted by atomic mass is 19.4. The Morgan fingerprint density at radius 3 is 2.37 bits per heavy atom. The third-order valence-corrected chi connectivity index (χ3v) is 7.27. The molecule has 1 aliphatic rings. The van der Waals surface area contributed by atoms with Crippen LogP contribution in [-0.2, 0) is 19.8 Å². The van der Waals surface area contributed by atoms with Crippen LogP contribution in [0.3, 0.4) is 0 Å². The van der Waals surface area contributed by atoms with Crippen molar-refractivity contribution in [1.82, 2.24) is 18.3 Å². The van der Waals surface area contributed by atoms with E-state index in [1.807, 2.05) is 0 Å². The summed E-state index contributed by atoms with van der Waals surface area (Å²) in [6.45, 7) is 0.667. The zero-order chi connectivity index (χ0) is 27.5. The summed E-state index contributed by atoms with van der Waals surface area (Å²) in [7, 11) is 1.63. The van der Waals surface area contributed by atoms with Gasteiger partial charge in [0.25, 0.3) is 5.56 Å². The molecule has 2 aromatic carbocycles. The molecule has 2 heterocycles. The van der Waals surface area contributed by atoms with Crippen LogP contribution in [0.5, 0.6) is 0 Å². The van der Waals surface area contributed by atoms with E-state index in [0.717, 1.165) is 36.1 Å². The van der Waals surface area contributed by atoms with Gasteiger partial charge in [0, 0.05) is 19.3 Å². The summed E-state index contributed by atoms with van der Waals surface area (Å²) in [5, 5.41) is 9.67. The summed E-state index contributed by atoms with van der Waals surface area (Å²) in [6, 6.07) is 8.13. The van der Waals surface area contributed by atoms with Crippen LogP contribution in [0, 0.1) is 6.92 Å². The van der Waals surface area contributed by atoms with Gasteiger partial charge >= 0.3 is 23.5 Å². The smallest absolute Gasteiger partial charge is 0.416 e. The average molecular weight is 528 g/mol. The number of fused-ring (bicyclic) bond motifs is 1. The first-order valence-corrected chi connectivity index (χ1v) is 11.9. The van der Waals surface area contributed by atoms with E-state index in [9.17, 15) is 37.5 Å². The number of hydrogen-bond donors (Lipinski definition) is 1. The van der Waals surface area contributed by atoms with Crippen molar-refractivity contribution in [1.29, 1.82) is 0 Å². The lowest BCUT2D eigenvalue weighted by Crippen LogP contribution is -2.42. The second kappa shape index (κ2) is 8.89. The number of aromatic carboxylic acids is 1. The Hall–Kier alpha value is -4.35. The van der Waals surface area contributed by atoms with Crippen molar-refractivity contribution in [3.05, 3.63) is 96.2 Å². The van der Waals surface area contributed by atoms with Crippen molar-refractivity contribution < 1.29 is 23.1 Å². The van der Waals surface area contributed by atoms with Crippen molar-refractivity contribution in [2.75, 3.05) is 0 Å². The summed E-state index contributed by atoms with van der Waals surface area (Å²) < 4.78 is 45.0. The molecular formula is C26H23F3N4O5. The fourth-order valence-electron chi connectivity index (χ4n) is 4.91. The molecule has 198 valence electrons. The van der Waals surface area contributed by atoms with Crippen molar-refractivity contribution in [2.45, 2.75) is 44.9 Å². The van der Waals surface area contributed by atoms with Crippen LogP contribution < -0.4 is 16.9 Å². The summed E-state index contributed by atoms with van der Waals surface area (Å²) >= 11 is 0. The highest BCUT2D eigenvalue weighted by Gasteiger charge is 2.33. The second-order valence-electron chi connectivity index (χ2n) is 9.45. The molecule has 0 radical (unpaired) electrons. The minimum atomic E-state index is -4.64. The topological polar surface area (TPSA) is 108 Å². The number of carboxylic acid groups (broad SMARTS) is 1. The van der Waals surface area contributed by atoms with E-state index in [4.69, 9.17) is 0 Å². The van der Waals surface area contributed by atoms with Crippen LogP contribution in [0.4, 0.5) is 13.2 Å². The van der Waals surface area contributed by atoms with E-state index < -0.39 is 41.1 Å². The van der Waals surface area contributed by atoms with Crippen LogP contribution in [0.25, 0.3) is 16.7 Å². The largest absolute Gasteiger partial charge is 0.477 e. The maximum atomic E-state index is 13.5. The third kappa shape index (κ3) is 3.96. The molecule has 0 saturated heterocycles. The molecule has 2 aromatic heterocycles. The lowest BCUT2D eigenvalue weighted by molar-refractivity contribution is -0.138. The van der Waals surface area contributed by atoms with Gasteiger partial charge in [-0.15, -0.1) is 0 Å². The third-order valence-electron chi connectivity index (χ3n) is 7.27. The summed E-state index contributed by atoms with van der Waals surface area (Å²) in [4.78, 5) is 51.2. The minimum Gasteiger partial charge on any atom is -0.477 e. The van der Waals surface area contributed by atoms with Crippen LogP contribution in [-0.4, -0.2) is 29.3 Å². The lowest BCUT2D eigenvalue weighted by atomic mass is 9.93. The SMILES string of the molecule is Cc1c(Cn2c(=O)c(C(=O)O)cn(-c3ccc4c(c3)n(C3CCC3)c(=O)n4C)c2=O)cccc1C(F)(F)F. The molecule has 9 nitrogen and oxygen atoms in total. The molecule has 0 bridgehead atoms. The van der Waals surface area contributed by atoms with Gasteiger partial charge in [0.2, 0.25) is 0 Å². The van der Waals surface area contributed by atoms with Crippen molar-refractivity contribution in [3.63, 3.8) is 0 Å². The van der Waals surface area contributed by atoms with Crippen molar-refractivity contribution in [3.8, 4) is 5.69 Å². The molecule has 12 heteroatoms. The predicted octanol–water partition coefficient (Wildman–Crippen LogP) is 3.45. The van der Waals surface area contributed by atoms with E-state index >= 15 is 0 Å². The average Bonchev–Trinajstić information content (AvgIpc) is 3.05. The first-order valence-electron chi connectivity index (χ1n) is 11.9. The highest BCUT2D eigenvalue weighted by Crippen LogP contribution is 2.34. The van der Waals surface area contributed by atoms with Crippen molar-refractivity contribution in [2.24, 2.45) is 7.05 Å². The summed E-state index contributed by atoms with van der Waals surface area (Å²) in [5.41, 5.74) is -2.67. The van der Waals surface area contributed by atoms with E-state index in [0.29, 0.717) is 15.6 Å². The highest BCUT2D eigenvalue weighted by molar-refractivity contribution is 5.87. The Morgan fingerprint density at radius 2 is 1.76 bits per heavy atom. The molecule has 38 heavy (non-hydrogen) atoms. The molecule has 0 amide bonds. The maximum absolute atomic E-state index is 13.5. The molecule has 1 saturated carbocycles. The van der Waals surface area contributed by atoms with Crippen LogP contribution in [0.2, 0.25) is 0 Å². The molecule has 5 rings (SSSR count). The van der Waals surface area contributed by atoms with Gasteiger partial charge in [0.15, 0.2) is 0 Å². The molecule has 1 N–H and O–H groups in total. The number of hydrogen-bond acceptors (Lipinski definition) is 4. The van der Waals surface area contributed by atoms with E-state index in [1.54, 1.807) is 23.7 Å². The van der Waals surface area contributed by atoms with Gasteiger partial charge in [-0.2, -0.15) is 13.2 Å².